The highest BCUT2D eigenvalue weighted by molar-refractivity contribution is 6.31. The van der Waals surface area contributed by atoms with Crippen LogP contribution in [0.25, 0.3) is 0 Å². The Hall–Kier alpha value is -2.28. The number of nitrogens with one attached hydrogen (secondary N) is 1. The quantitative estimate of drug-likeness (QED) is 0.772. The summed E-state index contributed by atoms with van der Waals surface area (Å²) in [4.78, 5) is 37.5. The van der Waals surface area contributed by atoms with Crippen LogP contribution in [0.1, 0.15) is 19.3 Å². The zero-order valence-corrected chi connectivity index (χ0v) is 14.5. The van der Waals surface area contributed by atoms with Crippen LogP contribution in [0.2, 0.25) is 5.02 Å². The number of nitrogens with zero attached hydrogens (tertiary/aromatic N) is 1. The maximum atomic E-state index is 12.3. The topological polar surface area (TPSA) is 84.9 Å². The summed E-state index contributed by atoms with van der Waals surface area (Å²) >= 11 is 6.00. The lowest BCUT2D eigenvalue weighted by Gasteiger charge is -2.19. The zero-order chi connectivity index (χ0) is 18.0. The molecule has 1 aromatic carbocycles. The number of benzene rings is 1. The van der Waals surface area contributed by atoms with Crippen molar-refractivity contribution in [3.63, 3.8) is 0 Å². The Kier molecular flexibility index (Phi) is 5.13. The van der Waals surface area contributed by atoms with Crippen molar-refractivity contribution in [2.45, 2.75) is 25.3 Å². The third-order valence-electron chi connectivity index (χ3n) is 4.18. The number of hydrogen-bond donors (Lipinski definition) is 1. The number of anilines is 1. The molecule has 2 amide bonds. The normalized spacial score (nSPS) is 19.7. The molecule has 1 heterocycles. The summed E-state index contributed by atoms with van der Waals surface area (Å²) in [6.07, 6.45) is 1.96. The Bertz CT molecular complexity index is 704. The second kappa shape index (κ2) is 7.31. The van der Waals surface area contributed by atoms with Gasteiger partial charge in [-0.15, -0.1) is 0 Å². The van der Waals surface area contributed by atoms with Gasteiger partial charge in [0.25, 0.3) is 5.91 Å². The van der Waals surface area contributed by atoms with Gasteiger partial charge in [0.1, 0.15) is 5.75 Å². The summed E-state index contributed by atoms with van der Waals surface area (Å²) in [6, 6.07) is 5.16. The van der Waals surface area contributed by atoms with Crippen molar-refractivity contribution in [2.24, 2.45) is 5.92 Å². The van der Waals surface area contributed by atoms with Gasteiger partial charge in [-0.25, -0.2) is 0 Å². The van der Waals surface area contributed by atoms with E-state index in [2.05, 4.69) is 5.32 Å². The lowest BCUT2D eigenvalue weighted by atomic mass is 10.1. The number of ether oxygens (including phenoxy) is 2. The molecular formula is C17H19ClN2O5. The summed E-state index contributed by atoms with van der Waals surface area (Å²) in [5.41, 5.74) is 0.516. The van der Waals surface area contributed by atoms with Crippen LogP contribution in [0.5, 0.6) is 5.75 Å². The monoisotopic (exact) mass is 366 g/mol. The number of carbonyl (C=O) groups excluding carboxylic acids is 3. The highest BCUT2D eigenvalue weighted by Crippen LogP contribution is 2.35. The molecule has 134 valence electrons. The van der Waals surface area contributed by atoms with Crippen LogP contribution in [0, 0.1) is 5.92 Å². The molecule has 1 aliphatic carbocycles. The van der Waals surface area contributed by atoms with E-state index < -0.39 is 11.9 Å². The largest absolute Gasteiger partial charge is 0.495 e. The molecule has 0 bridgehead atoms. The number of rotatable bonds is 6. The van der Waals surface area contributed by atoms with Crippen molar-refractivity contribution in [3.05, 3.63) is 23.2 Å². The molecule has 0 spiro atoms. The third kappa shape index (κ3) is 4.22. The maximum Gasteiger partial charge on any atom is 0.311 e. The smallest absolute Gasteiger partial charge is 0.311 e. The van der Waals surface area contributed by atoms with Crippen LogP contribution < -0.4 is 15.0 Å². The average molecular weight is 367 g/mol. The van der Waals surface area contributed by atoms with Gasteiger partial charge >= 0.3 is 5.97 Å². The Morgan fingerprint density at radius 2 is 2.12 bits per heavy atom. The highest BCUT2D eigenvalue weighted by Gasteiger charge is 2.37. The van der Waals surface area contributed by atoms with Gasteiger partial charge in [0.15, 0.2) is 6.61 Å². The molecule has 8 heteroatoms. The summed E-state index contributed by atoms with van der Waals surface area (Å²) in [5.74, 6) is -1.21. The molecule has 1 N–H and O–H groups in total. The molecule has 2 fully saturated rings. The minimum absolute atomic E-state index is 0.0265. The van der Waals surface area contributed by atoms with Crippen LogP contribution in [-0.2, 0) is 19.1 Å². The van der Waals surface area contributed by atoms with E-state index in [1.807, 2.05) is 0 Å². The molecule has 1 atom stereocenters. The summed E-state index contributed by atoms with van der Waals surface area (Å²) in [6.45, 7) is -0.154. The van der Waals surface area contributed by atoms with E-state index in [1.54, 1.807) is 18.2 Å². The second-order valence-corrected chi connectivity index (χ2v) is 6.61. The Morgan fingerprint density at radius 1 is 1.36 bits per heavy atom. The van der Waals surface area contributed by atoms with Crippen molar-refractivity contribution in [3.8, 4) is 5.75 Å². The van der Waals surface area contributed by atoms with Crippen molar-refractivity contribution in [1.82, 2.24) is 5.32 Å². The number of carbonyl (C=O) groups is 3. The lowest BCUT2D eigenvalue weighted by Crippen LogP contribution is -2.32. The van der Waals surface area contributed by atoms with E-state index in [1.165, 1.54) is 12.0 Å². The number of methoxy groups -OCH3 is 1. The number of hydrogen-bond acceptors (Lipinski definition) is 5. The van der Waals surface area contributed by atoms with Crippen LogP contribution in [0.3, 0.4) is 0 Å². The first-order valence-electron chi connectivity index (χ1n) is 8.08. The Balaban J connectivity index is 1.60. The molecular weight excluding hydrogens is 348 g/mol. The molecule has 7 nitrogen and oxygen atoms in total. The fraction of sp³-hybridized carbons (Fsp3) is 0.471. The number of halogens is 1. The molecule has 0 unspecified atom stereocenters. The molecule has 1 saturated carbocycles. The molecule has 1 saturated heterocycles. The Morgan fingerprint density at radius 3 is 2.80 bits per heavy atom. The first kappa shape index (κ1) is 17.5. The predicted octanol–water partition coefficient (Wildman–Crippen LogP) is 1.52. The molecule has 1 aromatic rings. The first-order valence-corrected chi connectivity index (χ1v) is 8.45. The minimum Gasteiger partial charge on any atom is -0.495 e. The summed E-state index contributed by atoms with van der Waals surface area (Å²) in [7, 11) is 1.50. The van der Waals surface area contributed by atoms with Gasteiger partial charge in [-0.1, -0.05) is 11.6 Å². The van der Waals surface area contributed by atoms with E-state index in [4.69, 9.17) is 21.1 Å². The van der Waals surface area contributed by atoms with E-state index in [0.717, 1.165) is 12.8 Å². The van der Waals surface area contributed by atoms with Crippen LogP contribution >= 0.6 is 11.6 Å². The van der Waals surface area contributed by atoms with Gasteiger partial charge in [-0.3, -0.25) is 14.4 Å². The van der Waals surface area contributed by atoms with Gasteiger partial charge in [0, 0.05) is 24.0 Å². The first-order chi connectivity index (χ1) is 12.0. The maximum absolute atomic E-state index is 12.3. The molecule has 0 aromatic heterocycles. The Labute approximate surface area is 150 Å². The summed E-state index contributed by atoms with van der Waals surface area (Å²) < 4.78 is 10.3. The van der Waals surface area contributed by atoms with Crippen molar-refractivity contribution in [1.29, 1.82) is 0 Å². The molecule has 2 aliphatic rings. The zero-order valence-electron chi connectivity index (χ0n) is 13.8. The fourth-order valence-electron chi connectivity index (χ4n) is 2.72. The highest BCUT2D eigenvalue weighted by atomic mass is 35.5. The SMILES string of the molecule is COc1ccc(Cl)cc1N1C[C@H](C(=O)OCC(=O)NC2CC2)CC1=O. The third-order valence-corrected chi connectivity index (χ3v) is 4.41. The standard InChI is InChI=1S/C17H19ClN2O5/c1-24-14-5-2-11(18)7-13(14)20-8-10(6-16(20)22)17(23)25-9-15(21)19-12-3-4-12/h2,5,7,10,12H,3-4,6,8-9H2,1H3,(H,19,21)/t10-/m1/s1. The summed E-state index contributed by atoms with van der Waals surface area (Å²) in [5, 5.41) is 3.20. The van der Waals surface area contributed by atoms with Gasteiger partial charge in [0.05, 0.1) is 18.7 Å². The molecule has 3 rings (SSSR count). The lowest BCUT2D eigenvalue weighted by molar-refractivity contribution is -0.152. The van der Waals surface area contributed by atoms with Crippen molar-refractivity contribution < 1.29 is 23.9 Å². The average Bonchev–Trinajstić information content (AvgIpc) is 3.31. The van der Waals surface area contributed by atoms with Gasteiger partial charge in [-0.2, -0.15) is 0 Å². The van der Waals surface area contributed by atoms with Crippen LogP contribution in [0.15, 0.2) is 18.2 Å². The number of esters is 1. The van der Waals surface area contributed by atoms with Crippen molar-refractivity contribution in [2.75, 3.05) is 25.2 Å². The molecule has 0 radical (unpaired) electrons. The minimum atomic E-state index is -0.620. The van der Waals surface area contributed by atoms with E-state index >= 15 is 0 Å². The van der Waals surface area contributed by atoms with Crippen LogP contribution in [0.4, 0.5) is 5.69 Å². The van der Waals surface area contributed by atoms with Gasteiger partial charge in [-0.05, 0) is 31.0 Å². The van der Waals surface area contributed by atoms with E-state index in [0.29, 0.717) is 16.5 Å². The molecule has 25 heavy (non-hydrogen) atoms. The second-order valence-electron chi connectivity index (χ2n) is 6.17. The fourth-order valence-corrected chi connectivity index (χ4v) is 2.89. The predicted molar refractivity (Wildman–Crippen MR) is 90.6 cm³/mol. The van der Waals surface area contributed by atoms with Gasteiger partial charge < -0.3 is 19.7 Å². The van der Waals surface area contributed by atoms with E-state index in [9.17, 15) is 14.4 Å². The number of amides is 2. The van der Waals surface area contributed by atoms with Crippen LogP contribution in [-0.4, -0.2) is 44.1 Å². The van der Waals surface area contributed by atoms with Gasteiger partial charge in [0.2, 0.25) is 5.91 Å². The molecule has 1 aliphatic heterocycles. The van der Waals surface area contributed by atoms with Crippen molar-refractivity contribution >= 4 is 35.1 Å². The van der Waals surface area contributed by atoms with E-state index in [-0.39, 0.29) is 37.4 Å².